The summed E-state index contributed by atoms with van der Waals surface area (Å²) in [5, 5.41) is 7.07. The summed E-state index contributed by atoms with van der Waals surface area (Å²) in [5.74, 6) is -0.727. The average Bonchev–Trinajstić information content (AvgIpc) is 2.75. The molecule has 0 spiro atoms. The van der Waals surface area contributed by atoms with Gasteiger partial charge in [0.05, 0.1) is 6.04 Å². The normalized spacial score (nSPS) is 15.8. The van der Waals surface area contributed by atoms with Crippen LogP contribution in [0.25, 0.3) is 0 Å². The van der Waals surface area contributed by atoms with Gasteiger partial charge in [-0.05, 0) is 44.2 Å². The second-order valence-corrected chi connectivity index (χ2v) is 7.60. The summed E-state index contributed by atoms with van der Waals surface area (Å²) in [4.78, 5) is 29.2. The second-order valence-electron chi connectivity index (χ2n) is 7.60. The van der Waals surface area contributed by atoms with Crippen LogP contribution in [0.4, 0.5) is 10.1 Å². The van der Waals surface area contributed by atoms with Crippen LogP contribution in [0.15, 0.2) is 35.1 Å². The molecule has 8 heteroatoms. The molecule has 2 aromatic rings. The van der Waals surface area contributed by atoms with Gasteiger partial charge in [0, 0.05) is 50.0 Å². The van der Waals surface area contributed by atoms with Crippen molar-refractivity contribution in [3.8, 4) is 0 Å². The molecule has 1 amide bonds. The molecule has 2 heterocycles. The lowest BCUT2D eigenvalue weighted by Crippen LogP contribution is -2.46. The van der Waals surface area contributed by atoms with Crippen LogP contribution in [-0.4, -0.2) is 53.3 Å². The Hall–Kier alpha value is -2.74. The van der Waals surface area contributed by atoms with E-state index < -0.39 is 11.9 Å². The number of hydrogen-bond donors (Lipinski definition) is 1. The Labute approximate surface area is 176 Å². The minimum Gasteiger partial charge on any atom is -0.369 e. The fourth-order valence-electron chi connectivity index (χ4n) is 3.76. The lowest BCUT2D eigenvalue weighted by Gasteiger charge is -2.37. The van der Waals surface area contributed by atoms with Gasteiger partial charge in [0.15, 0.2) is 0 Å². The third-order valence-electron chi connectivity index (χ3n) is 5.50. The molecule has 1 fully saturated rings. The van der Waals surface area contributed by atoms with Crippen LogP contribution in [0, 0.1) is 5.82 Å². The zero-order valence-corrected chi connectivity index (χ0v) is 17.9. The van der Waals surface area contributed by atoms with Gasteiger partial charge in [-0.1, -0.05) is 13.8 Å². The Morgan fingerprint density at radius 1 is 1.17 bits per heavy atom. The quantitative estimate of drug-likeness (QED) is 0.752. The minimum absolute atomic E-state index is 0.171. The molecule has 1 aromatic heterocycles. The number of carbonyl (C=O) groups is 1. The van der Waals surface area contributed by atoms with E-state index in [0.717, 1.165) is 50.4 Å². The molecular formula is C22H30FN5O2. The first-order valence-corrected chi connectivity index (χ1v) is 10.6. The van der Waals surface area contributed by atoms with Crippen molar-refractivity contribution in [1.82, 2.24) is 20.0 Å². The molecule has 1 aliphatic rings. The number of hydrogen-bond acceptors (Lipinski definition) is 5. The van der Waals surface area contributed by atoms with Gasteiger partial charge in [0.2, 0.25) is 0 Å². The number of rotatable bonds is 7. The van der Waals surface area contributed by atoms with E-state index in [9.17, 15) is 14.0 Å². The lowest BCUT2D eigenvalue weighted by atomic mass is 10.0. The van der Waals surface area contributed by atoms with Crippen LogP contribution in [0.2, 0.25) is 0 Å². The molecule has 3 rings (SSSR count). The number of halogens is 1. The predicted molar refractivity (Wildman–Crippen MR) is 115 cm³/mol. The first-order chi connectivity index (χ1) is 14.4. The number of aromatic nitrogens is 2. The molecular weight excluding hydrogens is 385 g/mol. The van der Waals surface area contributed by atoms with E-state index in [4.69, 9.17) is 0 Å². The SMILES string of the molecule is CCCn1nc(C(=O)NC(C)c2cc(F)ccc2N2CCN(CC)CC2)ccc1=O. The Kier molecular flexibility index (Phi) is 7.20. The zero-order chi connectivity index (χ0) is 21.7. The Morgan fingerprint density at radius 3 is 2.57 bits per heavy atom. The smallest absolute Gasteiger partial charge is 0.272 e. The number of anilines is 1. The average molecular weight is 416 g/mol. The molecule has 162 valence electrons. The van der Waals surface area contributed by atoms with Crippen LogP contribution in [-0.2, 0) is 6.54 Å². The van der Waals surface area contributed by atoms with Crippen LogP contribution in [0.1, 0.15) is 49.3 Å². The van der Waals surface area contributed by atoms with Crippen molar-refractivity contribution < 1.29 is 9.18 Å². The summed E-state index contributed by atoms with van der Waals surface area (Å²) >= 11 is 0. The second kappa shape index (κ2) is 9.84. The summed E-state index contributed by atoms with van der Waals surface area (Å²) in [6.07, 6.45) is 0.742. The van der Waals surface area contributed by atoms with E-state index in [1.807, 2.05) is 13.8 Å². The van der Waals surface area contributed by atoms with Gasteiger partial charge in [0.1, 0.15) is 11.5 Å². The van der Waals surface area contributed by atoms with Crippen molar-refractivity contribution in [3.63, 3.8) is 0 Å². The van der Waals surface area contributed by atoms with Crippen molar-refractivity contribution in [1.29, 1.82) is 0 Å². The van der Waals surface area contributed by atoms with Gasteiger partial charge in [0.25, 0.3) is 11.5 Å². The fourth-order valence-corrected chi connectivity index (χ4v) is 3.76. The van der Waals surface area contributed by atoms with Crippen LogP contribution < -0.4 is 15.8 Å². The zero-order valence-electron chi connectivity index (χ0n) is 17.9. The summed E-state index contributed by atoms with van der Waals surface area (Å²) in [6, 6.07) is 7.09. The molecule has 30 heavy (non-hydrogen) atoms. The highest BCUT2D eigenvalue weighted by Gasteiger charge is 2.22. The van der Waals surface area contributed by atoms with Gasteiger partial charge in [-0.3, -0.25) is 9.59 Å². The van der Waals surface area contributed by atoms with Crippen molar-refractivity contribution in [2.24, 2.45) is 0 Å². The highest BCUT2D eigenvalue weighted by atomic mass is 19.1. The Morgan fingerprint density at radius 2 is 1.90 bits per heavy atom. The van der Waals surface area contributed by atoms with Crippen molar-refractivity contribution in [2.75, 3.05) is 37.6 Å². The Balaban J connectivity index is 1.79. The molecule has 1 saturated heterocycles. The largest absolute Gasteiger partial charge is 0.369 e. The van der Waals surface area contributed by atoms with Gasteiger partial charge in [-0.2, -0.15) is 5.10 Å². The van der Waals surface area contributed by atoms with E-state index in [2.05, 4.69) is 27.1 Å². The monoisotopic (exact) mass is 415 g/mol. The highest BCUT2D eigenvalue weighted by Crippen LogP contribution is 2.28. The Bertz CT molecular complexity index is 937. The lowest BCUT2D eigenvalue weighted by molar-refractivity contribution is 0.0932. The van der Waals surface area contributed by atoms with E-state index in [-0.39, 0.29) is 17.1 Å². The molecule has 0 aliphatic carbocycles. The number of likely N-dealkylation sites (N-methyl/N-ethyl adjacent to an activating group) is 1. The summed E-state index contributed by atoms with van der Waals surface area (Å²) in [6.45, 7) is 11.0. The van der Waals surface area contributed by atoms with Crippen LogP contribution in [0.5, 0.6) is 0 Å². The summed E-state index contributed by atoms with van der Waals surface area (Å²) in [7, 11) is 0. The molecule has 1 aliphatic heterocycles. The first-order valence-electron chi connectivity index (χ1n) is 10.6. The van der Waals surface area contributed by atoms with E-state index >= 15 is 0 Å². The first kappa shape index (κ1) is 22.0. The number of nitrogens with zero attached hydrogens (tertiary/aromatic N) is 4. The molecule has 0 bridgehead atoms. The van der Waals surface area contributed by atoms with Gasteiger partial charge in [-0.15, -0.1) is 0 Å². The predicted octanol–water partition coefficient (Wildman–Crippen LogP) is 2.43. The minimum atomic E-state index is -0.416. The van der Waals surface area contributed by atoms with E-state index in [1.54, 1.807) is 6.07 Å². The van der Waals surface area contributed by atoms with Crippen molar-refractivity contribution >= 4 is 11.6 Å². The third-order valence-corrected chi connectivity index (χ3v) is 5.50. The number of carbonyl (C=O) groups excluding carboxylic acids is 1. The highest BCUT2D eigenvalue weighted by molar-refractivity contribution is 5.92. The maximum absolute atomic E-state index is 14.0. The van der Waals surface area contributed by atoms with Crippen molar-refractivity contribution in [3.05, 3.63) is 57.8 Å². The van der Waals surface area contributed by atoms with Gasteiger partial charge >= 0.3 is 0 Å². The molecule has 1 N–H and O–H groups in total. The van der Waals surface area contributed by atoms with Crippen molar-refractivity contribution in [2.45, 2.75) is 39.8 Å². The fraction of sp³-hybridized carbons (Fsp3) is 0.500. The number of benzene rings is 1. The number of aryl methyl sites for hydroxylation is 1. The van der Waals surface area contributed by atoms with Gasteiger partial charge < -0.3 is 15.1 Å². The molecule has 1 unspecified atom stereocenters. The summed E-state index contributed by atoms with van der Waals surface area (Å²) < 4.78 is 15.3. The molecule has 0 saturated carbocycles. The third kappa shape index (κ3) is 5.05. The van der Waals surface area contributed by atoms with E-state index in [0.29, 0.717) is 6.54 Å². The molecule has 0 radical (unpaired) electrons. The number of nitrogens with one attached hydrogen (secondary N) is 1. The van der Waals surface area contributed by atoms with Gasteiger partial charge in [-0.25, -0.2) is 9.07 Å². The maximum Gasteiger partial charge on any atom is 0.272 e. The van der Waals surface area contributed by atoms with Crippen LogP contribution in [0.3, 0.4) is 0 Å². The number of amides is 1. The molecule has 1 aromatic carbocycles. The standard InChI is InChI=1S/C22H30FN5O2/c1-4-10-28-21(29)9-7-19(25-28)22(30)24-16(3)18-15-17(23)6-8-20(18)27-13-11-26(5-2)12-14-27/h6-9,15-16H,4-5,10-14H2,1-3H3,(H,24,30). The van der Waals surface area contributed by atoms with E-state index in [1.165, 1.54) is 28.9 Å². The van der Waals surface area contributed by atoms with Crippen LogP contribution >= 0.6 is 0 Å². The molecule has 7 nitrogen and oxygen atoms in total. The topological polar surface area (TPSA) is 70.5 Å². The summed E-state index contributed by atoms with van der Waals surface area (Å²) in [5.41, 5.74) is 1.60. The molecule has 1 atom stereocenters. The maximum atomic E-state index is 14.0. The number of piperazine rings is 1.